The van der Waals surface area contributed by atoms with Gasteiger partial charge < -0.3 is 4.74 Å². The van der Waals surface area contributed by atoms with E-state index in [1.54, 1.807) is 0 Å². The van der Waals surface area contributed by atoms with E-state index in [0.29, 0.717) is 12.5 Å². The van der Waals surface area contributed by atoms with Crippen molar-refractivity contribution < 1.29 is 17.9 Å². The summed E-state index contributed by atoms with van der Waals surface area (Å²) >= 11 is 0. The molecule has 2 rings (SSSR count). The molecule has 1 aromatic rings. The Labute approximate surface area is 118 Å². The molecule has 1 aliphatic rings. The van der Waals surface area contributed by atoms with Crippen molar-refractivity contribution in [2.24, 2.45) is 11.8 Å². The molecule has 0 saturated heterocycles. The van der Waals surface area contributed by atoms with Gasteiger partial charge in [0.15, 0.2) is 17.5 Å². The molecular formula is C16H21F3O. The van der Waals surface area contributed by atoms with Gasteiger partial charge in [-0.2, -0.15) is 0 Å². The zero-order chi connectivity index (χ0) is 14.5. The summed E-state index contributed by atoms with van der Waals surface area (Å²) in [6.45, 7) is 2.65. The Bertz CT molecular complexity index is 416. The number of halogens is 3. The van der Waals surface area contributed by atoms with Crippen LogP contribution in [0.15, 0.2) is 12.1 Å². The Morgan fingerprint density at radius 2 is 1.55 bits per heavy atom. The minimum absolute atomic E-state index is 0.0667. The van der Waals surface area contributed by atoms with Crippen LogP contribution < -0.4 is 4.74 Å². The van der Waals surface area contributed by atoms with Crippen LogP contribution in [0.3, 0.4) is 0 Å². The minimum atomic E-state index is -1.45. The summed E-state index contributed by atoms with van der Waals surface area (Å²) in [6.07, 6.45) is 7.09. The Morgan fingerprint density at radius 3 is 2.10 bits per heavy atom. The van der Waals surface area contributed by atoms with E-state index >= 15 is 0 Å². The molecule has 0 amide bonds. The number of hydrogen-bond acceptors (Lipinski definition) is 1. The van der Waals surface area contributed by atoms with Gasteiger partial charge in [0.1, 0.15) is 5.75 Å². The molecule has 1 fully saturated rings. The second-order valence-corrected chi connectivity index (χ2v) is 5.69. The molecule has 20 heavy (non-hydrogen) atoms. The fourth-order valence-corrected chi connectivity index (χ4v) is 2.92. The highest BCUT2D eigenvalue weighted by molar-refractivity contribution is 5.25. The Hall–Kier alpha value is -1.19. The topological polar surface area (TPSA) is 9.23 Å². The van der Waals surface area contributed by atoms with Crippen molar-refractivity contribution >= 4 is 0 Å². The van der Waals surface area contributed by atoms with Crippen LogP contribution in [0.4, 0.5) is 13.2 Å². The van der Waals surface area contributed by atoms with Crippen LogP contribution in [0.2, 0.25) is 0 Å². The highest BCUT2D eigenvalue weighted by Gasteiger charge is 2.21. The maximum absolute atomic E-state index is 13.0. The predicted molar refractivity (Wildman–Crippen MR) is 72.2 cm³/mol. The first-order chi connectivity index (χ1) is 9.60. The normalized spacial score (nSPS) is 22.8. The van der Waals surface area contributed by atoms with Crippen molar-refractivity contribution in [2.75, 3.05) is 6.61 Å². The SMILES string of the molecule is CCC[C@H]1CC[C@H](COc2cc(F)c(F)c(F)c2)CC1. The van der Waals surface area contributed by atoms with E-state index in [9.17, 15) is 13.2 Å². The number of hydrogen-bond donors (Lipinski definition) is 0. The van der Waals surface area contributed by atoms with Gasteiger partial charge in [-0.05, 0) is 24.7 Å². The molecule has 0 aromatic heterocycles. The van der Waals surface area contributed by atoms with Crippen LogP contribution in [-0.4, -0.2) is 6.61 Å². The van der Waals surface area contributed by atoms with Crippen LogP contribution in [0.1, 0.15) is 45.4 Å². The molecule has 1 saturated carbocycles. The van der Waals surface area contributed by atoms with E-state index in [4.69, 9.17) is 4.74 Å². The third-order valence-corrected chi connectivity index (χ3v) is 4.11. The first-order valence-electron chi connectivity index (χ1n) is 7.37. The van der Waals surface area contributed by atoms with E-state index in [0.717, 1.165) is 30.9 Å². The molecule has 0 spiro atoms. The molecular weight excluding hydrogens is 265 g/mol. The molecule has 112 valence electrons. The lowest BCUT2D eigenvalue weighted by Gasteiger charge is -2.28. The first-order valence-corrected chi connectivity index (χ1v) is 7.37. The number of rotatable bonds is 5. The maximum Gasteiger partial charge on any atom is 0.194 e. The van der Waals surface area contributed by atoms with Gasteiger partial charge >= 0.3 is 0 Å². The van der Waals surface area contributed by atoms with E-state index in [2.05, 4.69) is 6.92 Å². The number of benzene rings is 1. The fraction of sp³-hybridized carbons (Fsp3) is 0.625. The molecule has 1 nitrogen and oxygen atoms in total. The molecule has 0 atom stereocenters. The lowest BCUT2D eigenvalue weighted by atomic mass is 9.80. The molecule has 0 heterocycles. The summed E-state index contributed by atoms with van der Waals surface area (Å²) in [5.41, 5.74) is 0. The molecule has 0 unspecified atom stereocenters. The lowest BCUT2D eigenvalue weighted by Crippen LogP contribution is -2.20. The summed E-state index contributed by atoms with van der Waals surface area (Å²) in [7, 11) is 0. The van der Waals surface area contributed by atoms with Crippen LogP contribution in [-0.2, 0) is 0 Å². The van der Waals surface area contributed by atoms with Gasteiger partial charge in [0.25, 0.3) is 0 Å². The van der Waals surface area contributed by atoms with Crippen molar-refractivity contribution in [1.29, 1.82) is 0 Å². The van der Waals surface area contributed by atoms with Crippen LogP contribution in [0.25, 0.3) is 0 Å². The fourth-order valence-electron chi connectivity index (χ4n) is 2.92. The molecule has 1 aliphatic carbocycles. The lowest BCUT2D eigenvalue weighted by molar-refractivity contribution is 0.177. The van der Waals surface area contributed by atoms with E-state index in [-0.39, 0.29) is 5.75 Å². The molecule has 4 heteroatoms. The van der Waals surface area contributed by atoms with Crippen molar-refractivity contribution in [3.8, 4) is 5.75 Å². The maximum atomic E-state index is 13.0. The van der Waals surface area contributed by atoms with Gasteiger partial charge in [0.2, 0.25) is 0 Å². The van der Waals surface area contributed by atoms with Gasteiger partial charge in [0.05, 0.1) is 6.61 Å². The summed E-state index contributed by atoms with van der Waals surface area (Å²) in [6, 6.07) is 1.81. The summed E-state index contributed by atoms with van der Waals surface area (Å²) < 4.78 is 44.3. The van der Waals surface area contributed by atoms with Gasteiger partial charge in [-0.1, -0.05) is 32.6 Å². The summed E-state index contributed by atoms with van der Waals surface area (Å²) in [4.78, 5) is 0. The second kappa shape index (κ2) is 7.00. The Balaban J connectivity index is 1.82. The molecule has 0 N–H and O–H groups in total. The van der Waals surface area contributed by atoms with Gasteiger partial charge in [-0.15, -0.1) is 0 Å². The van der Waals surface area contributed by atoms with Crippen LogP contribution in [0.5, 0.6) is 5.75 Å². The molecule has 0 bridgehead atoms. The van der Waals surface area contributed by atoms with Crippen molar-refractivity contribution in [3.63, 3.8) is 0 Å². The first kappa shape index (κ1) is 15.2. The van der Waals surface area contributed by atoms with Gasteiger partial charge in [0, 0.05) is 12.1 Å². The monoisotopic (exact) mass is 286 g/mol. The Kier molecular flexibility index (Phi) is 5.32. The zero-order valence-corrected chi connectivity index (χ0v) is 11.8. The van der Waals surface area contributed by atoms with Crippen LogP contribution in [0, 0.1) is 29.3 Å². The van der Waals surface area contributed by atoms with E-state index in [1.807, 2.05) is 0 Å². The average molecular weight is 286 g/mol. The van der Waals surface area contributed by atoms with Crippen molar-refractivity contribution in [3.05, 3.63) is 29.6 Å². The minimum Gasteiger partial charge on any atom is -0.493 e. The van der Waals surface area contributed by atoms with Gasteiger partial charge in [-0.3, -0.25) is 0 Å². The Morgan fingerprint density at radius 1 is 1.00 bits per heavy atom. The standard InChI is InChI=1S/C16H21F3O/c1-2-3-11-4-6-12(7-5-11)10-20-13-8-14(17)16(19)15(18)9-13/h8-9,11-12H,2-7,10H2,1H3/t11-,12-. The van der Waals surface area contributed by atoms with E-state index < -0.39 is 17.5 Å². The highest BCUT2D eigenvalue weighted by atomic mass is 19.2. The number of ether oxygens (including phenoxy) is 1. The largest absolute Gasteiger partial charge is 0.493 e. The van der Waals surface area contributed by atoms with E-state index in [1.165, 1.54) is 25.7 Å². The van der Waals surface area contributed by atoms with Gasteiger partial charge in [-0.25, -0.2) is 13.2 Å². The third kappa shape index (κ3) is 3.90. The molecule has 0 radical (unpaired) electrons. The molecule has 1 aromatic carbocycles. The molecule has 0 aliphatic heterocycles. The van der Waals surface area contributed by atoms with Crippen LogP contribution >= 0.6 is 0 Å². The quantitative estimate of drug-likeness (QED) is 0.685. The highest BCUT2D eigenvalue weighted by Crippen LogP contribution is 2.32. The third-order valence-electron chi connectivity index (χ3n) is 4.11. The predicted octanol–water partition coefficient (Wildman–Crippen LogP) is 5.09. The summed E-state index contributed by atoms with van der Waals surface area (Å²) in [5.74, 6) is -2.54. The van der Waals surface area contributed by atoms with Crippen molar-refractivity contribution in [1.82, 2.24) is 0 Å². The summed E-state index contributed by atoms with van der Waals surface area (Å²) in [5, 5.41) is 0. The van der Waals surface area contributed by atoms with Crippen molar-refractivity contribution in [2.45, 2.75) is 45.4 Å². The second-order valence-electron chi connectivity index (χ2n) is 5.69. The zero-order valence-electron chi connectivity index (χ0n) is 11.8. The smallest absolute Gasteiger partial charge is 0.194 e. The average Bonchev–Trinajstić information content (AvgIpc) is 2.44.